The number of hydrogen-bond donors (Lipinski definition) is 1. The maximum absolute atomic E-state index is 10.4. The van der Waals surface area contributed by atoms with E-state index in [2.05, 4.69) is 52.1 Å². The van der Waals surface area contributed by atoms with Crippen LogP contribution in [0.3, 0.4) is 0 Å². The molecule has 3 aromatic rings. The maximum atomic E-state index is 10.4. The Balaban J connectivity index is 1.40. The molecule has 0 bridgehead atoms. The Labute approximate surface area is 229 Å². The minimum Gasteiger partial charge on any atom is -0.475 e. The number of hydrogen-bond acceptors (Lipinski definition) is 7. The fourth-order valence-corrected chi connectivity index (χ4v) is 6.54. The van der Waals surface area contributed by atoms with Crippen LogP contribution in [0.25, 0.3) is 10.8 Å². The van der Waals surface area contributed by atoms with E-state index in [4.69, 9.17) is 21.3 Å². The van der Waals surface area contributed by atoms with Crippen molar-refractivity contribution in [3.63, 3.8) is 0 Å². The normalized spacial score (nSPS) is 20.5. The third kappa shape index (κ3) is 4.66. The summed E-state index contributed by atoms with van der Waals surface area (Å²) in [6.45, 7) is 4.49. The van der Waals surface area contributed by atoms with Gasteiger partial charge in [-0.05, 0) is 63.2 Å². The molecule has 1 aromatic heterocycles. The molecule has 198 valence electrons. The second-order valence-corrected chi connectivity index (χ2v) is 11.2. The van der Waals surface area contributed by atoms with Crippen molar-refractivity contribution in [2.24, 2.45) is 0 Å². The summed E-state index contributed by atoms with van der Waals surface area (Å²) >= 11 is 6.68. The van der Waals surface area contributed by atoms with Gasteiger partial charge < -0.3 is 24.5 Å². The zero-order valence-corrected chi connectivity index (χ0v) is 22.6. The van der Waals surface area contributed by atoms with E-state index in [1.807, 2.05) is 12.1 Å². The Morgan fingerprint density at radius 1 is 1.05 bits per heavy atom. The van der Waals surface area contributed by atoms with Gasteiger partial charge in [0.2, 0.25) is 5.88 Å². The quantitative estimate of drug-likeness (QED) is 0.509. The second kappa shape index (κ2) is 10.6. The Kier molecular flexibility index (Phi) is 7.05. The number of aromatic nitrogens is 1. The largest absolute Gasteiger partial charge is 0.475 e. The highest BCUT2D eigenvalue weighted by atomic mass is 35.5. The molecule has 3 aliphatic rings. The van der Waals surface area contributed by atoms with Gasteiger partial charge in [0, 0.05) is 54.4 Å². The number of pyridine rings is 1. The second-order valence-electron chi connectivity index (χ2n) is 10.8. The molecule has 38 heavy (non-hydrogen) atoms. The number of likely N-dealkylation sites (tertiary alicyclic amines) is 1. The third-order valence-corrected chi connectivity index (χ3v) is 8.79. The lowest BCUT2D eigenvalue weighted by molar-refractivity contribution is 0.145. The van der Waals surface area contributed by atoms with E-state index in [0.717, 1.165) is 96.7 Å². The Morgan fingerprint density at radius 2 is 1.84 bits per heavy atom. The highest BCUT2D eigenvalue weighted by Gasteiger charge is 2.31. The van der Waals surface area contributed by atoms with Gasteiger partial charge in [0.05, 0.1) is 11.1 Å². The van der Waals surface area contributed by atoms with E-state index in [1.54, 1.807) is 0 Å². The zero-order chi connectivity index (χ0) is 26.2. The zero-order valence-electron chi connectivity index (χ0n) is 21.9. The molecule has 0 unspecified atom stereocenters. The first-order valence-corrected chi connectivity index (χ1v) is 14.1. The number of benzene rings is 2. The average molecular weight is 532 g/mol. The molecule has 2 fully saturated rings. The van der Waals surface area contributed by atoms with Crippen LogP contribution in [0.5, 0.6) is 5.88 Å². The Bertz CT molecular complexity index is 1380. The van der Waals surface area contributed by atoms with Crippen molar-refractivity contribution < 1.29 is 9.84 Å². The molecule has 0 radical (unpaired) electrons. The number of fused-ring (bicyclic) bond motifs is 2. The van der Waals surface area contributed by atoms with Crippen molar-refractivity contribution in [3.8, 4) is 11.9 Å². The predicted molar refractivity (Wildman–Crippen MR) is 151 cm³/mol. The van der Waals surface area contributed by atoms with Gasteiger partial charge in [-0.3, -0.25) is 0 Å². The number of nitrogens with zero attached hydrogens (tertiary/aromatic N) is 5. The van der Waals surface area contributed by atoms with Crippen LogP contribution in [-0.2, 0) is 13.0 Å². The lowest BCUT2D eigenvalue weighted by atomic mass is 9.94. The first-order valence-electron chi connectivity index (χ1n) is 13.7. The van der Waals surface area contributed by atoms with Crippen molar-refractivity contribution in [3.05, 3.63) is 58.1 Å². The average Bonchev–Trinajstić information content (AvgIpc) is 3.35. The molecule has 8 heteroatoms. The fourth-order valence-electron chi connectivity index (χ4n) is 6.26. The van der Waals surface area contributed by atoms with E-state index < -0.39 is 0 Å². The molecule has 7 nitrogen and oxygen atoms in total. The summed E-state index contributed by atoms with van der Waals surface area (Å²) in [7, 11) is 2.13. The monoisotopic (exact) mass is 531 g/mol. The number of halogens is 1. The summed E-state index contributed by atoms with van der Waals surface area (Å²) in [6, 6.07) is 15.1. The highest BCUT2D eigenvalue weighted by molar-refractivity contribution is 6.36. The number of aliphatic hydroxyl groups excluding tert-OH is 1. The van der Waals surface area contributed by atoms with Gasteiger partial charge in [0.15, 0.2) is 0 Å². The van der Waals surface area contributed by atoms with Crippen LogP contribution in [0.2, 0.25) is 5.02 Å². The lowest BCUT2D eigenvalue weighted by Crippen LogP contribution is -2.39. The molecule has 4 heterocycles. The highest BCUT2D eigenvalue weighted by Crippen LogP contribution is 2.40. The number of aliphatic hydroxyl groups is 1. The van der Waals surface area contributed by atoms with Gasteiger partial charge in [0.1, 0.15) is 24.1 Å². The Morgan fingerprint density at radius 3 is 2.58 bits per heavy atom. The molecule has 0 spiro atoms. The molecule has 6 rings (SSSR count). The van der Waals surface area contributed by atoms with Gasteiger partial charge in [0.25, 0.3) is 0 Å². The number of likely N-dealkylation sites (N-methyl/N-ethyl adjacent to an activating group) is 1. The van der Waals surface area contributed by atoms with E-state index in [0.29, 0.717) is 30.6 Å². The fraction of sp³-hybridized carbons (Fsp3) is 0.467. The van der Waals surface area contributed by atoms with Crippen molar-refractivity contribution in [2.45, 2.75) is 50.8 Å². The van der Waals surface area contributed by atoms with E-state index in [-0.39, 0.29) is 6.10 Å². The summed E-state index contributed by atoms with van der Waals surface area (Å²) in [4.78, 5) is 11.9. The lowest BCUT2D eigenvalue weighted by Gasteiger charge is -2.37. The number of nitriles is 1. The summed E-state index contributed by atoms with van der Waals surface area (Å²) in [5.41, 5.74) is 3.74. The molecule has 0 saturated carbocycles. The van der Waals surface area contributed by atoms with Crippen LogP contribution in [0.4, 0.5) is 11.5 Å². The minimum atomic E-state index is -0.263. The minimum absolute atomic E-state index is 0.263. The first-order chi connectivity index (χ1) is 18.5. The third-order valence-electron chi connectivity index (χ3n) is 8.47. The van der Waals surface area contributed by atoms with Crippen molar-refractivity contribution in [2.75, 3.05) is 49.6 Å². The number of piperidine rings is 1. The molecular formula is C30H34ClN5O2. The molecule has 2 aromatic carbocycles. The number of rotatable bonds is 5. The van der Waals surface area contributed by atoms with Crippen LogP contribution >= 0.6 is 11.6 Å². The smallest absolute Gasteiger partial charge is 0.234 e. The van der Waals surface area contributed by atoms with Gasteiger partial charge in [-0.25, -0.2) is 0 Å². The summed E-state index contributed by atoms with van der Waals surface area (Å²) in [5, 5.41) is 23.4. The van der Waals surface area contributed by atoms with Gasteiger partial charge in [-0.1, -0.05) is 35.9 Å². The molecule has 1 N–H and O–H groups in total. The predicted octanol–water partition coefficient (Wildman–Crippen LogP) is 4.76. The van der Waals surface area contributed by atoms with Crippen LogP contribution in [0, 0.1) is 11.3 Å². The van der Waals surface area contributed by atoms with Crippen LogP contribution in [0.15, 0.2) is 36.4 Å². The summed E-state index contributed by atoms with van der Waals surface area (Å²) in [6.07, 6.45) is 4.21. The topological polar surface area (TPSA) is 75.9 Å². The number of anilines is 2. The molecular weight excluding hydrogens is 498 g/mol. The van der Waals surface area contributed by atoms with Crippen molar-refractivity contribution in [1.29, 1.82) is 5.26 Å². The van der Waals surface area contributed by atoms with E-state index >= 15 is 0 Å². The van der Waals surface area contributed by atoms with Crippen molar-refractivity contribution >= 4 is 33.9 Å². The van der Waals surface area contributed by atoms with Gasteiger partial charge in [-0.2, -0.15) is 10.2 Å². The molecule has 3 aliphatic heterocycles. The van der Waals surface area contributed by atoms with Crippen LogP contribution < -0.4 is 14.5 Å². The molecule has 2 saturated heterocycles. The summed E-state index contributed by atoms with van der Waals surface area (Å²) < 4.78 is 6.34. The van der Waals surface area contributed by atoms with E-state index in [1.165, 1.54) is 0 Å². The summed E-state index contributed by atoms with van der Waals surface area (Å²) in [5.74, 6) is 1.35. The molecule has 0 aliphatic carbocycles. The SMILES string of the molecule is CN1CCC[C@H]1COc1nc(N2CCC(O)CC2)c2c(c1C#N)CN(c1cccc3cccc(Cl)c13)CC2. The van der Waals surface area contributed by atoms with Gasteiger partial charge >= 0.3 is 0 Å². The standard InChI is InChI=1S/C30H34ClN5O2/c1-34-13-4-7-21(34)19-38-30-24(17-32)25-18-36(27-9-3-6-20-5-2-8-26(31)28(20)27)16-12-23(25)29(33-30)35-14-10-22(37)11-15-35/h2-3,5-6,8-9,21-22,37H,4,7,10-16,18-19H2,1H3/t21-/m0/s1. The van der Waals surface area contributed by atoms with Gasteiger partial charge in [-0.15, -0.1) is 0 Å². The van der Waals surface area contributed by atoms with Crippen LogP contribution in [0.1, 0.15) is 42.4 Å². The van der Waals surface area contributed by atoms with Crippen molar-refractivity contribution in [1.82, 2.24) is 9.88 Å². The first kappa shape index (κ1) is 25.2. The van der Waals surface area contributed by atoms with Crippen LogP contribution in [-0.4, -0.2) is 67.0 Å². The molecule has 0 amide bonds. The Hall–Kier alpha value is -3.05. The maximum Gasteiger partial charge on any atom is 0.234 e. The van der Waals surface area contributed by atoms with E-state index in [9.17, 15) is 10.4 Å². The number of ether oxygens (including phenoxy) is 1. The molecule has 1 atom stereocenters.